The summed E-state index contributed by atoms with van der Waals surface area (Å²) in [4.78, 5) is 11.3. The molecule has 0 heterocycles. The number of benzene rings is 1. The lowest BCUT2D eigenvalue weighted by molar-refractivity contribution is -0.117. The maximum absolute atomic E-state index is 12.0. The first kappa shape index (κ1) is 12.3. The maximum Gasteiger partial charge on any atom is 0.240 e. The Bertz CT molecular complexity index is 519. The van der Waals surface area contributed by atoms with Crippen LogP contribution in [-0.4, -0.2) is 20.2 Å². The first-order valence-electron chi connectivity index (χ1n) is 5.58. The molecule has 1 unspecified atom stereocenters. The van der Waals surface area contributed by atoms with E-state index in [1.54, 1.807) is 24.3 Å². The summed E-state index contributed by atoms with van der Waals surface area (Å²) in [7, 11) is -3.49. The third-order valence-electron chi connectivity index (χ3n) is 2.90. The largest absolute Gasteiger partial charge is 0.300 e. The van der Waals surface area contributed by atoms with Gasteiger partial charge in [0.1, 0.15) is 5.78 Å². The van der Waals surface area contributed by atoms with Gasteiger partial charge in [0, 0.05) is 18.9 Å². The van der Waals surface area contributed by atoms with Gasteiger partial charge in [-0.1, -0.05) is 17.7 Å². The van der Waals surface area contributed by atoms with E-state index in [0.29, 0.717) is 19.3 Å². The highest BCUT2D eigenvalue weighted by Crippen LogP contribution is 2.18. The van der Waals surface area contributed by atoms with E-state index in [1.807, 2.05) is 6.92 Å². The molecule has 1 aliphatic carbocycles. The van der Waals surface area contributed by atoms with Crippen LogP contribution >= 0.6 is 0 Å². The Morgan fingerprint density at radius 1 is 1.24 bits per heavy atom. The average Bonchev–Trinajstić information content (AvgIpc) is 2.63. The number of hydrogen-bond donors (Lipinski definition) is 1. The number of carbonyl (C=O) groups is 1. The molecule has 1 aromatic carbocycles. The summed E-state index contributed by atoms with van der Waals surface area (Å²) < 4.78 is 26.5. The summed E-state index contributed by atoms with van der Waals surface area (Å²) in [6.45, 7) is 1.90. The van der Waals surface area contributed by atoms with Crippen molar-refractivity contribution in [1.29, 1.82) is 0 Å². The predicted octanol–water partition coefficient (Wildman–Crippen LogP) is 1.39. The smallest absolute Gasteiger partial charge is 0.240 e. The van der Waals surface area contributed by atoms with E-state index in [2.05, 4.69) is 4.72 Å². The molecule has 2 rings (SSSR count). The first-order valence-corrected chi connectivity index (χ1v) is 7.06. The van der Waals surface area contributed by atoms with Crippen molar-refractivity contribution >= 4 is 15.8 Å². The SMILES string of the molecule is Cc1ccc(S(=O)(=O)NC2CCC(=O)C2)cc1. The molecule has 1 fully saturated rings. The van der Waals surface area contributed by atoms with Gasteiger partial charge >= 0.3 is 0 Å². The minimum atomic E-state index is -3.49. The lowest BCUT2D eigenvalue weighted by Gasteiger charge is -2.11. The zero-order chi connectivity index (χ0) is 12.5. The Labute approximate surface area is 101 Å². The Hall–Kier alpha value is -1.20. The van der Waals surface area contributed by atoms with E-state index >= 15 is 0 Å². The third-order valence-corrected chi connectivity index (χ3v) is 4.44. The molecule has 0 spiro atoms. The van der Waals surface area contributed by atoms with Gasteiger partial charge in [0.05, 0.1) is 4.90 Å². The molecule has 5 heteroatoms. The fourth-order valence-corrected chi connectivity index (χ4v) is 3.19. The van der Waals surface area contributed by atoms with Gasteiger partial charge in [0.25, 0.3) is 0 Å². The molecule has 0 aromatic heterocycles. The number of sulfonamides is 1. The number of hydrogen-bond acceptors (Lipinski definition) is 3. The zero-order valence-electron chi connectivity index (χ0n) is 9.64. The van der Waals surface area contributed by atoms with Crippen molar-refractivity contribution in [3.8, 4) is 0 Å². The minimum Gasteiger partial charge on any atom is -0.300 e. The summed E-state index contributed by atoms with van der Waals surface area (Å²) in [5.74, 6) is 0.126. The van der Waals surface area contributed by atoms with Crippen LogP contribution in [0.15, 0.2) is 29.2 Å². The van der Waals surface area contributed by atoms with Crippen molar-refractivity contribution in [3.05, 3.63) is 29.8 Å². The van der Waals surface area contributed by atoms with Crippen LogP contribution in [0.25, 0.3) is 0 Å². The topological polar surface area (TPSA) is 63.2 Å². The number of nitrogens with one attached hydrogen (secondary N) is 1. The Balaban J connectivity index is 2.14. The van der Waals surface area contributed by atoms with Crippen molar-refractivity contribution in [1.82, 2.24) is 4.72 Å². The van der Waals surface area contributed by atoms with Crippen molar-refractivity contribution in [3.63, 3.8) is 0 Å². The summed E-state index contributed by atoms with van der Waals surface area (Å²) >= 11 is 0. The van der Waals surface area contributed by atoms with Crippen LogP contribution in [-0.2, 0) is 14.8 Å². The standard InChI is InChI=1S/C12H15NO3S/c1-9-2-6-12(7-3-9)17(15,16)13-10-4-5-11(14)8-10/h2-3,6-7,10,13H,4-5,8H2,1H3. The van der Waals surface area contributed by atoms with Crippen molar-refractivity contribution in [2.45, 2.75) is 37.1 Å². The predicted molar refractivity (Wildman–Crippen MR) is 64.1 cm³/mol. The number of carbonyl (C=O) groups excluding carboxylic acids is 1. The van der Waals surface area contributed by atoms with Crippen LogP contribution in [0.3, 0.4) is 0 Å². The van der Waals surface area contributed by atoms with Crippen LogP contribution in [0, 0.1) is 6.92 Å². The second kappa shape index (κ2) is 4.58. The fourth-order valence-electron chi connectivity index (χ4n) is 1.92. The van der Waals surface area contributed by atoms with Gasteiger partial charge in [-0.05, 0) is 25.5 Å². The highest BCUT2D eigenvalue weighted by Gasteiger charge is 2.26. The van der Waals surface area contributed by atoms with Crippen LogP contribution in [0.2, 0.25) is 0 Å². The molecule has 1 aliphatic rings. The lowest BCUT2D eigenvalue weighted by Crippen LogP contribution is -2.33. The fraction of sp³-hybridized carbons (Fsp3) is 0.417. The zero-order valence-corrected chi connectivity index (χ0v) is 10.5. The summed E-state index contributed by atoms with van der Waals surface area (Å²) in [5.41, 5.74) is 1.01. The minimum absolute atomic E-state index is 0.126. The van der Waals surface area contributed by atoms with Gasteiger partial charge in [-0.3, -0.25) is 4.79 Å². The van der Waals surface area contributed by atoms with Gasteiger partial charge in [-0.2, -0.15) is 0 Å². The molecule has 0 amide bonds. The van der Waals surface area contributed by atoms with Gasteiger partial charge in [-0.15, -0.1) is 0 Å². The van der Waals surface area contributed by atoms with Gasteiger partial charge in [-0.25, -0.2) is 13.1 Å². The van der Waals surface area contributed by atoms with Crippen LogP contribution in [0.4, 0.5) is 0 Å². The Morgan fingerprint density at radius 3 is 2.41 bits per heavy atom. The number of Topliss-reactive ketones (excluding diaryl/α,β-unsaturated/α-hetero) is 1. The summed E-state index contributed by atoms with van der Waals surface area (Å²) in [6, 6.07) is 6.43. The Kier molecular flexibility index (Phi) is 3.31. The van der Waals surface area contributed by atoms with Crippen LogP contribution in [0.5, 0.6) is 0 Å². The molecule has 0 radical (unpaired) electrons. The van der Waals surface area contributed by atoms with Crippen LogP contribution in [0.1, 0.15) is 24.8 Å². The van der Waals surface area contributed by atoms with Crippen molar-refractivity contribution in [2.24, 2.45) is 0 Å². The molecule has 0 aliphatic heterocycles. The van der Waals surface area contributed by atoms with Gasteiger partial charge in [0.2, 0.25) is 10.0 Å². The first-order chi connectivity index (χ1) is 7.97. The lowest BCUT2D eigenvalue weighted by atomic mass is 10.2. The molecule has 92 valence electrons. The third kappa shape index (κ3) is 2.92. The van der Waals surface area contributed by atoms with E-state index < -0.39 is 10.0 Å². The second-order valence-corrected chi connectivity index (χ2v) is 6.13. The summed E-state index contributed by atoms with van der Waals surface area (Å²) in [6.07, 6.45) is 1.39. The number of ketones is 1. The molecule has 1 atom stereocenters. The van der Waals surface area contributed by atoms with E-state index in [0.717, 1.165) is 5.56 Å². The Morgan fingerprint density at radius 2 is 1.88 bits per heavy atom. The molecular formula is C12H15NO3S. The van der Waals surface area contributed by atoms with Crippen molar-refractivity contribution in [2.75, 3.05) is 0 Å². The highest BCUT2D eigenvalue weighted by molar-refractivity contribution is 7.89. The maximum atomic E-state index is 12.0. The van der Waals surface area contributed by atoms with E-state index in [1.165, 1.54) is 0 Å². The van der Waals surface area contributed by atoms with Crippen molar-refractivity contribution < 1.29 is 13.2 Å². The average molecular weight is 253 g/mol. The van der Waals surface area contributed by atoms with E-state index in [4.69, 9.17) is 0 Å². The highest BCUT2D eigenvalue weighted by atomic mass is 32.2. The molecule has 4 nitrogen and oxygen atoms in total. The molecule has 0 saturated heterocycles. The second-order valence-electron chi connectivity index (χ2n) is 4.41. The van der Waals surface area contributed by atoms with Gasteiger partial charge in [0.15, 0.2) is 0 Å². The molecule has 0 bridgehead atoms. The number of aryl methyl sites for hydroxylation is 1. The quantitative estimate of drug-likeness (QED) is 0.885. The summed E-state index contributed by atoms with van der Waals surface area (Å²) in [5, 5.41) is 0. The molecule has 1 aromatic rings. The van der Waals surface area contributed by atoms with Gasteiger partial charge < -0.3 is 0 Å². The molecular weight excluding hydrogens is 238 g/mol. The molecule has 1 N–H and O–H groups in total. The normalized spacial score (nSPS) is 20.8. The van der Waals surface area contributed by atoms with E-state index in [-0.39, 0.29) is 16.7 Å². The van der Waals surface area contributed by atoms with E-state index in [9.17, 15) is 13.2 Å². The molecule has 17 heavy (non-hydrogen) atoms. The van der Waals surface area contributed by atoms with Crippen LogP contribution < -0.4 is 4.72 Å². The monoisotopic (exact) mass is 253 g/mol. The molecule has 1 saturated carbocycles. The number of rotatable bonds is 3.